The number of rotatable bonds is 8. The third kappa shape index (κ3) is 7.17. The molecule has 0 saturated carbocycles. The first-order chi connectivity index (χ1) is 15.5. The summed E-state index contributed by atoms with van der Waals surface area (Å²) in [7, 11) is 0. The first kappa shape index (κ1) is 24.5. The molecule has 6 nitrogen and oxygen atoms in total. The number of aromatic nitrogens is 3. The maximum atomic E-state index is 12.5. The van der Waals surface area contributed by atoms with E-state index in [-0.39, 0.29) is 17.4 Å². The summed E-state index contributed by atoms with van der Waals surface area (Å²) in [5.74, 6) is 1.07. The number of amides is 1. The minimum Gasteiger partial charge on any atom is -0.460 e. The van der Waals surface area contributed by atoms with Crippen molar-refractivity contribution in [1.82, 2.24) is 14.8 Å². The van der Waals surface area contributed by atoms with Gasteiger partial charge in [-0.25, -0.2) is 4.68 Å². The van der Waals surface area contributed by atoms with Crippen molar-refractivity contribution in [2.45, 2.75) is 67.4 Å². The van der Waals surface area contributed by atoms with Crippen molar-refractivity contribution in [3.8, 4) is 23.1 Å². The number of anilines is 1. The summed E-state index contributed by atoms with van der Waals surface area (Å²) in [5.41, 5.74) is 3.96. The lowest BCUT2D eigenvalue weighted by atomic mass is 9.84. The zero-order chi connectivity index (χ0) is 24.2. The molecule has 0 aliphatic heterocycles. The number of carbonyl (C=O) groups excluding carboxylic acids is 1. The summed E-state index contributed by atoms with van der Waals surface area (Å²) in [6.07, 6.45) is 1.49. The van der Waals surface area contributed by atoms with Gasteiger partial charge in [0.05, 0.1) is 11.8 Å². The van der Waals surface area contributed by atoms with Gasteiger partial charge in [0, 0.05) is 17.7 Å². The van der Waals surface area contributed by atoms with Crippen LogP contribution in [-0.2, 0) is 4.79 Å². The molecule has 1 heterocycles. The molecule has 1 amide bonds. The largest absolute Gasteiger partial charge is 0.460 e. The molecular weight excluding hydrogens is 412 g/mol. The van der Waals surface area contributed by atoms with Crippen LogP contribution < -0.4 is 10.1 Å². The summed E-state index contributed by atoms with van der Waals surface area (Å²) in [4.78, 5) is 17.1. The molecule has 0 radical (unpaired) electrons. The van der Waals surface area contributed by atoms with Crippen molar-refractivity contribution in [3.05, 3.63) is 54.1 Å². The Kier molecular flexibility index (Phi) is 7.57. The predicted molar refractivity (Wildman–Crippen MR) is 134 cm³/mol. The second-order valence-electron chi connectivity index (χ2n) is 10.3. The van der Waals surface area contributed by atoms with Crippen LogP contribution in [0.25, 0.3) is 17.1 Å². The Balaban J connectivity index is 1.79. The molecule has 33 heavy (non-hydrogen) atoms. The number of hydrogen-bond acceptors (Lipinski definition) is 4. The molecule has 1 aromatic heterocycles. The van der Waals surface area contributed by atoms with Crippen LogP contribution in [0.15, 0.2) is 48.5 Å². The van der Waals surface area contributed by atoms with Crippen molar-refractivity contribution in [1.29, 1.82) is 0 Å². The summed E-state index contributed by atoms with van der Waals surface area (Å²) in [5, 5.41) is 7.59. The van der Waals surface area contributed by atoms with Gasteiger partial charge >= 0.3 is 6.01 Å². The summed E-state index contributed by atoms with van der Waals surface area (Å²) in [6.45, 7) is 14.7. The number of nitrogens with zero attached hydrogens (tertiary/aromatic N) is 3. The lowest BCUT2D eigenvalue weighted by molar-refractivity contribution is -0.117. The zero-order valence-corrected chi connectivity index (χ0v) is 20.8. The van der Waals surface area contributed by atoms with Gasteiger partial charge in [-0.05, 0) is 62.8 Å². The van der Waals surface area contributed by atoms with Crippen molar-refractivity contribution in [2.75, 3.05) is 5.32 Å². The number of ether oxygens (including phenoxy) is 1. The van der Waals surface area contributed by atoms with E-state index in [0.29, 0.717) is 24.2 Å². The third-order valence-electron chi connectivity index (χ3n) is 5.13. The first-order valence-electron chi connectivity index (χ1n) is 11.6. The molecule has 1 N–H and O–H groups in total. The van der Waals surface area contributed by atoms with Crippen LogP contribution in [0, 0.1) is 18.3 Å². The topological polar surface area (TPSA) is 69.0 Å². The van der Waals surface area contributed by atoms with Gasteiger partial charge in [0.1, 0.15) is 0 Å². The van der Waals surface area contributed by atoms with Gasteiger partial charge in [-0.2, -0.15) is 4.98 Å². The lowest BCUT2D eigenvalue weighted by Gasteiger charge is -2.22. The minimum atomic E-state index is -0.0232. The predicted octanol–water partition coefficient (Wildman–Crippen LogP) is 6.43. The van der Waals surface area contributed by atoms with Crippen LogP contribution in [0.5, 0.6) is 6.01 Å². The van der Waals surface area contributed by atoms with E-state index in [2.05, 4.69) is 62.2 Å². The van der Waals surface area contributed by atoms with E-state index in [1.165, 1.54) is 5.56 Å². The minimum absolute atomic E-state index is 0.0232. The Morgan fingerprint density at radius 1 is 1.03 bits per heavy atom. The Hall–Kier alpha value is -3.15. The van der Waals surface area contributed by atoms with Gasteiger partial charge in [-0.1, -0.05) is 57.5 Å². The van der Waals surface area contributed by atoms with Gasteiger partial charge in [-0.3, -0.25) is 4.79 Å². The zero-order valence-electron chi connectivity index (χ0n) is 20.8. The van der Waals surface area contributed by atoms with Crippen LogP contribution in [0.4, 0.5) is 5.69 Å². The molecule has 2 aromatic carbocycles. The average Bonchev–Trinajstić information content (AvgIpc) is 3.10. The van der Waals surface area contributed by atoms with Gasteiger partial charge in [0.2, 0.25) is 5.91 Å². The Morgan fingerprint density at radius 3 is 2.24 bits per heavy atom. The SMILES string of the molecule is Cc1ccc(-c2nc(OC(C)C)nn2-c2ccc(NC(=O)CC(C)CC(C)(C)C)cc2)cc1. The van der Waals surface area contributed by atoms with Gasteiger partial charge < -0.3 is 10.1 Å². The Morgan fingerprint density at radius 2 is 1.67 bits per heavy atom. The first-order valence-corrected chi connectivity index (χ1v) is 11.6. The van der Waals surface area contributed by atoms with Crippen molar-refractivity contribution >= 4 is 11.6 Å². The van der Waals surface area contributed by atoms with Crippen molar-refractivity contribution in [3.63, 3.8) is 0 Å². The smallest absolute Gasteiger partial charge is 0.336 e. The molecule has 3 rings (SSSR count). The average molecular weight is 449 g/mol. The van der Waals surface area contributed by atoms with Gasteiger partial charge in [0.25, 0.3) is 0 Å². The number of nitrogens with one attached hydrogen (secondary N) is 1. The highest BCUT2D eigenvalue weighted by molar-refractivity contribution is 5.90. The summed E-state index contributed by atoms with van der Waals surface area (Å²) in [6, 6.07) is 16.2. The van der Waals surface area contributed by atoms with E-state index in [9.17, 15) is 4.79 Å². The summed E-state index contributed by atoms with van der Waals surface area (Å²) >= 11 is 0. The molecule has 6 heteroatoms. The molecule has 0 fully saturated rings. The van der Waals surface area contributed by atoms with Crippen molar-refractivity contribution < 1.29 is 9.53 Å². The van der Waals surface area contributed by atoms with Crippen molar-refractivity contribution in [2.24, 2.45) is 11.3 Å². The molecule has 0 aliphatic carbocycles. The quantitative estimate of drug-likeness (QED) is 0.431. The Bertz CT molecular complexity index is 1060. The highest BCUT2D eigenvalue weighted by atomic mass is 16.5. The molecule has 0 spiro atoms. The molecule has 1 atom stereocenters. The maximum Gasteiger partial charge on any atom is 0.336 e. The van der Waals surface area contributed by atoms with Gasteiger partial charge in [0.15, 0.2) is 5.82 Å². The number of hydrogen-bond donors (Lipinski definition) is 1. The van der Waals surface area contributed by atoms with Gasteiger partial charge in [-0.15, -0.1) is 5.10 Å². The fourth-order valence-corrected chi connectivity index (χ4v) is 3.96. The standard InChI is InChI=1S/C27H36N4O2/c1-18(2)33-26-29-25(21-10-8-19(3)9-11-21)31(30-26)23-14-12-22(13-15-23)28-24(32)16-20(4)17-27(5,6)7/h8-15,18,20H,16-17H2,1-7H3,(H,28,32). The number of benzene rings is 2. The molecule has 0 aliphatic rings. The van der Waals surface area contributed by atoms with Crippen LogP contribution in [0.2, 0.25) is 0 Å². The van der Waals surface area contributed by atoms with E-state index in [1.54, 1.807) is 4.68 Å². The van der Waals surface area contributed by atoms with E-state index in [1.807, 2.05) is 50.2 Å². The van der Waals surface area contributed by atoms with Crippen LogP contribution >= 0.6 is 0 Å². The highest BCUT2D eigenvalue weighted by Gasteiger charge is 2.18. The second-order valence-corrected chi connectivity index (χ2v) is 10.3. The molecule has 176 valence electrons. The fraction of sp³-hybridized carbons (Fsp3) is 0.444. The molecule has 0 bridgehead atoms. The number of carbonyl (C=O) groups is 1. The Labute approximate surface area is 197 Å². The van der Waals surface area contributed by atoms with E-state index < -0.39 is 0 Å². The molecule has 0 saturated heterocycles. The fourth-order valence-electron chi connectivity index (χ4n) is 3.96. The lowest BCUT2D eigenvalue weighted by Crippen LogP contribution is -2.18. The highest BCUT2D eigenvalue weighted by Crippen LogP contribution is 2.27. The van der Waals surface area contributed by atoms with E-state index >= 15 is 0 Å². The maximum absolute atomic E-state index is 12.5. The normalized spacial score (nSPS) is 12.6. The second kappa shape index (κ2) is 10.2. The van der Waals surface area contributed by atoms with Crippen LogP contribution in [-0.4, -0.2) is 26.8 Å². The van der Waals surface area contributed by atoms with E-state index in [0.717, 1.165) is 23.4 Å². The monoisotopic (exact) mass is 448 g/mol. The van der Waals surface area contributed by atoms with Crippen LogP contribution in [0.1, 0.15) is 59.9 Å². The molecule has 1 unspecified atom stereocenters. The third-order valence-corrected chi connectivity index (χ3v) is 5.13. The molecular formula is C27H36N4O2. The van der Waals surface area contributed by atoms with Crippen LogP contribution in [0.3, 0.4) is 0 Å². The summed E-state index contributed by atoms with van der Waals surface area (Å²) < 4.78 is 7.53. The molecule has 3 aromatic rings. The number of aryl methyl sites for hydroxylation is 1. The van der Waals surface area contributed by atoms with E-state index in [4.69, 9.17) is 4.74 Å².